The summed E-state index contributed by atoms with van der Waals surface area (Å²) in [6.07, 6.45) is 8.17. The van der Waals surface area contributed by atoms with Gasteiger partial charge in [0.15, 0.2) is 17.2 Å². The van der Waals surface area contributed by atoms with Crippen LogP contribution in [0.4, 0.5) is 0 Å². The van der Waals surface area contributed by atoms with E-state index in [0.717, 1.165) is 6.42 Å². The van der Waals surface area contributed by atoms with Gasteiger partial charge in [0.2, 0.25) is 0 Å². The van der Waals surface area contributed by atoms with Crippen LogP contribution in [0.2, 0.25) is 0 Å². The number of rotatable bonds is 7. The van der Waals surface area contributed by atoms with Crippen LogP contribution in [0.5, 0.6) is 11.5 Å². The third kappa shape index (κ3) is 5.34. The monoisotopic (exact) mass is 364 g/mol. The van der Waals surface area contributed by atoms with E-state index in [0.29, 0.717) is 5.92 Å². The Labute approximate surface area is 154 Å². The zero-order valence-corrected chi connectivity index (χ0v) is 15.7. The zero-order valence-electron chi connectivity index (χ0n) is 15.7. The molecule has 0 saturated heterocycles. The number of carbonyl (C=O) groups excluding carboxylic acids is 2. The second-order valence-electron chi connectivity index (χ2n) is 6.89. The molecule has 7 nitrogen and oxygen atoms in total. The van der Waals surface area contributed by atoms with Crippen LogP contribution in [0.25, 0.3) is 0 Å². The van der Waals surface area contributed by atoms with E-state index < -0.39 is 17.9 Å². The number of methoxy groups -OCH3 is 1. The molecule has 2 atom stereocenters. The topological polar surface area (TPSA) is 97.8 Å². The van der Waals surface area contributed by atoms with Gasteiger partial charge in [-0.1, -0.05) is 32.1 Å². The Morgan fingerprint density at radius 1 is 1.31 bits per heavy atom. The van der Waals surface area contributed by atoms with Gasteiger partial charge in [0.1, 0.15) is 6.04 Å². The van der Waals surface area contributed by atoms with E-state index in [-0.39, 0.29) is 23.3 Å². The molecule has 1 aliphatic rings. The number of hydrogen-bond donors (Lipinski definition) is 2. The number of amides is 1. The standard InChI is InChI=1S/C19H28N2O5/c1-12(11-14-7-5-4-6-8-14)26-19(24)13(2)21-18(23)16-17(22)15(25-3)9-10-20-16/h9-10,12-14,22H,4-8,11H2,1-3H3,(H,21,23)/t12-,13-/m0/s1. The first-order valence-corrected chi connectivity index (χ1v) is 9.15. The molecule has 1 aromatic heterocycles. The normalized spacial score (nSPS) is 17.2. The Kier molecular flexibility index (Phi) is 7.24. The molecular weight excluding hydrogens is 336 g/mol. The molecule has 1 saturated carbocycles. The van der Waals surface area contributed by atoms with Crippen LogP contribution >= 0.6 is 0 Å². The van der Waals surface area contributed by atoms with Crippen LogP contribution in [0.1, 0.15) is 62.9 Å². The molecule has 7 heteroatoms. The molecule has 0 radical (unpaired) electrons. The van der Waals surface area contributed by atoms with Crippen molar-refractivity contribution in [3.63, 3.8) is 0 Å². The maximum atomic E-state index is 12.3. The lowest BCUT2D eigenvalue weighted by Crippen LogP contribution is -2.41. The number of hydrogen-bond acceptors (Lipinski definition) is 6. The number of carbonyl (C=O) groups is 2. The predicted molar refractivity (Wildman–Crippen MR) is 96.1 cm³/mol. The summed E-state index contributed by atoms with van der Waals surface area (Å²) in [5, 5.41) is 12.5. The smallest absolute Gasteiger partial charge is 0.328 e. The molecule has 26 heavy (non-hydrogen) atoms. The van der Waals surface area contributed by atoms with Crippen LogP contribution < -0.4 is 10.1 Å². The summed E-state index contributed by atoms with van der Waals surface area (Å²) >= 11 is 0. The average Bonchev–Trinajstić information content (AvgIpc) is 2.62. The highest BCUT2D eigenvalue weighted by Crippen LogP contribution is 2.28. The maximum Gasteiger partial charge on any atom is 0.328 e. The fourth-order valence-electron chi connectivity index (χ4n) is 3.33. The van der Waals surface area contributed by atoms with Gasteiger partial charge in [-0.15, -0.1) is 0 Å². The molecule has 1 amide bonds. The summed E-state index contributed by atoms with van der Waals surface area (Å²) < 4.78 is 10.4. The van der Waals surface area contributed by atoms with E-state index in [1.807, 2.05) is 6.92 Å². The Morgan fingerprint density at radius 2 is 2.00 bits per heavy atom. The van der Waals surface area contributed by atoms with Gasteiger partial charge in [-0.05, 0) is 26.2 Å². The molecule has 1 fully saturated rings. The van der Waals surface area contributed by atoms with Gasteiger partial charge < -0.3 is 19.9 Å². The molecule has 2 rings (SSSR count). The first-order valence-electron chi connectivity index (χ1n) is 9.15. The molecule has 0 spiro atoms. The van der Waals surface area contributed by atoms with Gasteiger partial charge >= 0.3 is 5.97 Å². The minimum Gasteiger partial charge on any atom is -0.503 e. The molecule has 0 aliphatic heterocycles. The van der Waals surface area contributed by atoms with Crippen LogP contribution in [0.15, 0.2) is 12.3 Å². The fraction of sp³-hybridized carbons (Fsp3) is 0.632. The van der Waals surface area contributed by atoms with E-state index >= 15 is 0 Å². The van der Waals surface area contributed by atoms with Gasteiger partial charge in [-0.3, -0.25) is 4.79 Å². The second-order valence-corrected chi connectivity index (χ2v) is 6.89. The van der Waals surface area contributed by atoms with Gasteiger partial charge in [0, 0.05) is 12.3 Å². The van der Waals surface area contributed by atoms with E-state index in [4.69, 9.17) is 9.47 Å². The predicted octanol–water partition coefficient (Wildman–Crippen LogP) is 2.82. The number of esters is 1. The lowest BCUT2D eigenvalue weighted by molar-refractivity contribution is -0.150. The lowest BCUT2D eigenvalue weighted by Gasteiger charge is -2.25. The molecule has 1 aliphatic carbocycles. The largest absolute Gasteiger partial charge is 0.503 e. The zero-order chi connectivity index (χ0) is 19.1. The van der Waals surface area contributed by atoms with Crippen molar-refractivity contribution in [2.75, 3.05) is 7.11 Å². The first-order chi connectivity index (χ1) is 12.4. The molecule has 1 heterocycles. The van der Waals surface area contributed by atoms with E-state index in [9.17, 15) is 14.7 Å². The number of nitrogens with zero attached hydrogens (tertiary/aromatic N) is 1. The molecule has 0 aromatic carbocycles. The highest BCUT2D eigenvalue weighted by atomic mass is 16.5. The van der Waals surface area contributed by atoms with Gasteiger partial charge in [-0.2, -0.15) is 0 Å². The highest BCUT2D eigenvalue weighted by Gasteiger charge is 2.25. The Hall–Kier alpha value is -2.31. The Bertz CT molecular complexity index is 628. The van der Waals surface area contributed by atoms with Crippen LogP contribution in [0.3, 0.4) is 0 Å². The van der Waals surface area contributed by atoms with Crippen LogP contribution in [-0.2, 0) is 9.53 Å². The average molecular weight is 364 g/mol. The summed E-state index contributed by atoms with van der Waals surface area (Å²) in [6.45, 7) is 3.43. The van der Waals surface area contributed by atoms with Crippen molar-refractivity contribution in [3.05, 3.63) is 18.0 Å². The summed E-state index contributed by atoms with van der Waals surface area (Å²) in [7, 11) is 1.38. The fourth-order valence-corrected chi connectivity index (χ4v) is 3.33. The van der Waals surface area contributed by atoms with Crippen LogP contribution in [0, 0.1) is 5.92 Å². The lowest BCUT2D eigenvalue weighted by atomic mass is 9.86. The summed E-state index contributed by atoms with van der Waals surface area (Å²) in [6, 6.07) is 0.597. The molecule has 2 N–H and O–H groups in total. The van der Waals surface area contributed by atoms with Crippen molar-refractivity contribution in [1.29, 1.82) is 0 Å². The van der Waals surface area contributed by atoms with E-state index in [2.05, 4.69) is 10.3 Å². The van der Waals surface area contributed by atoms with Crippen molar-refractivity contribution in [3.8, 4) is 11.5 Å². The summed E-state index contributed by atoms with van der Waals surface area (Å²) in [4.78, 5) is 28.3. The molecule has 0 unspecified atom stereocenters. The maximum absolute atomic E-state index is 12.3. The third-order valence-corrected chi connectivity index (χ3v) is 4.73. The Morgan fingerprint density at radius 3 is 2.65 bits per heavy atom. The summed E-state index contributed by atoms with van der Waals surface area (Å²) in [5.74, 6) is -0.774. The van der Waals surface area contributed by atoms with Gasteiger partial charge in [0.25, 0.3) is 5.91 Å². The van der Waals surface area contributed by atoms with Crippen LogP contribution in [-0.4, -0.2) is 41.2 Å². The number of aromatic nitrogens is 1. The number of pyridine rings is 1. The number of nitrogens with one attached hydrogen (secondary N) is 1. The van der Waals surface area contributed by atoms with Crippen molar-refractivity contribution in [2.45, 2.75) is 64.5 Å². The number of ether oxygens (including phenoxy) is 2. The van der Waals surface area contributed by atoms with E-state index in [1.165, 1.54) is 51.5 Å². The molecule has 1 aromatic rings. The minimum absolute atomic E-state index is 0.140. The minimum atomic E-state index is -0.844. The summed E-state index contributed by atoms with van der Waals surface area (Å²) in [5.41, 5.74) is -0.195. The SMILES string of the molecule is COc1ccnc(C(=O)N[C@@H](C)C(=O)O[C@@H](C)CC2CCCCC2)c1O. The number of aromatic hydroxyl groups is 1. The quantitative estimate of drug-likeness (QED) is 0.722. The Balaban J connectivity index is 1.86. The van der Waals surface area contributed by atoms with Crippen molar-refractivity contribution in [1.82, 2.24) is 10.3 Å². The van der Waals surface area contributed by atoms with Gasteiger partial charge in [-0.25, -0.2) is 9.78 Å². The highest BCUT2D eigenvalue weighted by molar-refractivity contribution is 5.97. The van der Waals surface area contributed by atoms with Crippen molar-refractivity contribution >= 4 is 11.9 Å². The van der Waals surface area contributed by atoms with Crippen molar-refractivity contribution in [2.24, 2.45) is 5.92 Å². The van der Waals surface area contributed by atoms with Gasteiger partial charge in [0.05, 0.1) is 13.2 Å². The second kappa shape index (κ2) is 9.40. The van der Waals surface area contributed by atoms with E-state index in [1.54, 1.807) is 6.92 Å². The first kappa shape index (κ1) is 20.0. The molecular formula is C19H28N2O5. The third-order valence-electron chi connectivity index (χ3n) is 4.73. The molecule has 144 valence electrons. The van der Waals surface area contributed by atoms with Crippen molar-refractivity contribution < 1.29 is 24.2 Å². The molecule has 0 bridgehead atoms.